The molecule has 17 heavy (non-hydrogen) atoms. The van der Waals surface area contributed by atoms with E-state index in [0.717, 1.165) is 0 Å². The maximum absolute atomic E-state index is 12.6. The lowest BCUT2D eigenvalue weighted by atomic mass is 10.1. The standard InChI is InChI=1S/C11H10F2O3S/c1-2-11(8-12,9-13)16-17(14,15)10-6-4-3-5-7-10/h1,3-7H,8-9H2. The quantitative estimate of drug-likeness (QED) is 0.598. The third kappa shape index (κ3) is 3.02. The molecule has 0 atom stereocenters. The number of terminal acetylenes is 1. The summed E-state index contributed by atoms with van der Waals surface area (Å²) in [4.78, 5) is -0.207. The minimum atomic E-state index is -4.28. The predicted octanol–water partition coefficient (Wildman–Crippen LogP) is 1.70. The minimum absolute atomic E-state index is 0.207. The average Bonchev–Trinajstić information content (AvgIpc) is 2.37. The highest BCUT2D eigenvalue weighted by molar-refractivity contribution is 7.86. The molecule has 0 aliphatic rings. The summed E-state index contributed by atoms with van der Waals surface area (Å²) < 4.78 is 53.0. The van der Waals surface area contributed by atoms with Crippen molar-refractivity contribution in [1.82, 2.24) is 0 Å². The first kappa shape index (κ1) is 13.6. The first-order valence-electron chi connectivity index (χ1n) is 4.60. The molecule has 0 fully saturated rings. The van der Waals surface area contributed by atoms with Crippen molar-refractivity contribution in [3.8, 4) is 12.3 Å². The first-order valence-corrected chi connectivity index (χ1v) is 6.01. The Morgan fingerprint density at radius 3 is 2.18 bits per heavy atom. The van der Waals surface area contributed by atoms with Gasteiger partial charge in [0, 0.05) is 0 Å². The van der Waals surface area contributed by atoms with E-state index in [1.165, 1.54) is 24.3 Å². The van der Waals surface area contributed by atoms with Gasteiger partial charge in [0.25, 0.3) is 10.1 Å². The maximum atomic E-state index is 12.6. The summed E-state index contributed by atoms with van der Waals surface area (Å²) in [6.07, 6.45) is 4.89. The fourth-order valence-corrected chi connectivity index (χ4v) is 2.17. The van der Waals surface area contributed by atoms with E-state index in [1.54, 1.807) is 12.0 Å². The molecule has 0 saturated heterocycles. The van der Waals surface area contributed by atoms with Crippen LogP contribution >= 0.6 is 0 Å². The van der Waals surface area contributed by atoms with Crippen molar-refractivity contribution in [1.29, 1.82) is 0 Å². The van der Waals surface area contributed by atoms with E-state index in [1.807, 2.05) is 0 Å². The number of benzene rings is 1. The van der Waals surface area contributed by atoms with Crippen LogP contribution in [0.2, 0.25) is 0 Å². The molecular weight excluding hydrogens is 250 g/mol. The average molecular weight is 260 g/mol. The van der Waals surface area contributed by atoms with E-state index in [4.69, 9.17) is 6.42 Å². The van der Waals surface area contributed by atoms with Crippen LogP contribution in [0.25, 0.3) is 0 Å². The van der Waals surface area contributed by atoms with Gasteiger partial charge in [-0.3, -0.25) is 0 Å². The van der Waals surface area contributed by atoms with Crippen molar-refractivity contribution in [2.75, 3.05) is 13.3 Å². The van der Waals surface area contributed by atoms with E-state index in [9.17, 15) is 17.2 Å². The highest BCUT2D eigenvalue weighted by Crippen LogP contribution is 2.21. The highest BCUT2D eigenvalue weighted by Gasteiger charge is 2.36. The van der Waals surface area contributed by atoms with E-state index in [0.29, 0.717) is 0 Å². The monoisotopic (exact) mass is 260 g/mol. The smallest absolute Gasteiger partial charge is 0.247 e. The zero-order valence-electron chi connectivity index (χ0n) is 8.77. The van der Waals surface area contributed by atoms with Crippen LogP contribution in [0.1, 0.15) is 0 Å². The molecule has 92 valence electrons. The van der Waals surface area contributed by atoms with Crippen molar-refractivity contribution >= 4 is 10.1 Å². The first-order chi connectivity index (χ1) is 7.99. The Bertz CT molecular complexity index is 501. The molecule has 0 aromatic heterocycles. The number of rotatable bonds is 5. The van der Waals surface area contributed by atoms with Crippen molar-refractivity contribution in [3.05, 3.63) is 30.3 Å². The van der Waals surface area contributed by atoms with Gasteiger partial charge in [-0.25, -0.2) is 13.0 Å². The van der Waals surface area contributed by atoms with Crippen LogP contribution in [0.3, 0.4) is 0 Å². The predicted molar refractivity (Wildman–Crippen MR) is 58.2 cm³/mol. The SMILES string of the molecule is C#CC(CF)(CF)OS(=O)(=O)c1ccccc1. The second kappa shape index (κ2) is 5.25. The van der Waals surface area contributed by atoms with Gasteiger partial charge in [-0.2, -0.15) is 8.42 Å². The second-order valence-corrected chi connectivity index (χ2v) is 4.80. The van der Waals surface area contributed by atoms with Gasteiger partial charge in [0.05, 0.1) is 4.90 Å². The molecule has 3 nitrogen and oxygen atoms in total. The summed E-state index contributed by atoms with van der Waals surface area (Å²) in [6.45, 7) is -2.85. The number of hydrogen-bond donors (Lipinski definition) is 0. The lowest BCUT2D eigenvalue weighted by Gasteiger charge is -2.21. The van der Waals surface area contributed by atoms with Crippen molar-refractivity contribution in [3.63, 3.8) is 0 Å². The summed E-state index contributed by atoms with van der Waals surface area (Å²) >= 11 is 0. The molecule has 0 aliphatic heterocycles. The molecule has 1 aromatic rings. The Hall–Kier alpha value is -1.45. The Morgan fingerprint density at radius 1 is 1.24 bits per heavy atom. The molecule has 0 amide bonds. The molecule has 0 heterocycles. The Balaban J connectivity index is 3.07. The fraction of sp³-hybridized carbons (Fsp3) is 0.273. The summed E-state index contributed by atoms with van der Waals surface area (Å²) in [5.74, 6) is 1.69. The molecule has 1 rings (SSSR count). The van der Waals surface area contributed by atoms with Crippen molar-refractivity contribution < 1.29 is 21.4 Å². The second-order valence-electron chi connectivity index (χ2n) is 3.26. The van der Waals surface area contributed by atoms with Crippen molar-refractivity contribution in [2.24, 2.45) is 0 Å². The highest BCUT2D eigenvalue weighted by atomic mass is 32.2. The van der Waals surface area contributed by atoms with Crippen LogP contribution in [0.4, 0.5) is 8.78 Å². The Morgan fingerprint density at radius 2 is 1.76 bits per heavy atom. The summed E-state index contributed by atoms with van der Waals surface area (Å²) in [7, 11) is -4.28. The zero-order chi connectivity index (χ0) is 12.9. The van der Waals surface area contributed by atoms with Gasteiger partial charge in [-0.1, -0.05) is 24.1 Å². The van der Waals surface area contributed by atoms with Crippen LogP contribution in [-0.4, -0.2) is 27.4 Å². The lowest BCUT2D eigenvalue weighted by molar-refractivity contribution is 0.0774. The summed E-state index contributed by atoms with van der Waals surface area (Å²) in [5, 5.41) is 0. The van der Waals surface area contributed by atoms with E-state index in [-0.39, 0.29) is 4.90 Å². The van der Waals surface area contributed by atoms with Gasteiger partial charge < -0.3 is 0 Å². The third-order valence-corrected chi connectivity index (χ3v) is 3.38. The fourth-order valence-electron chi connectivity index (χ4n) is 1.03. The molecule has 0 unspecified atom stereocenters. The molecule has 6 heteroatoms. The normalized spacial score (nSPS) is 12.1. The molecule has 0 saturated carbocycles. The van der Waals surface area contributed by atoms with Gasteiger partial charge in [0.1, 0.15) is 13.3 Å². The topological polar surface area (TPSA) is 43.4 Å². The Kier molecular flexibility index (Phi) is 4.21. The summed E-state index contributed by atoms with van der Waals surface area (Å²) in [5.41, 5.74) is -2.38. The van der Waals surface area contributed by atoms with Gasteiger partial charge >= 0.3 is 0 Å². The maximum Gasteiger partial charge on any atom is 0.298 e. The number of alkyl halides is 2. The van der Waals surface area contributed by atoms with Gasteiger partial charge in [-0.15, -0.1) is 6.42 Å². The largest absolute Gasteiger partial charge is 0.298 e. The molecule has 0 spiro atoms. The van der Waals surface area contributed by atoms with Crippen LogP contribution < -0.4 is 0 Å². The van der Waals surface area contributed by atoms with E-state index < -0.39 is 29.1 Å². The van der Waals surface area contributed by atoms with Gasteiger partial charge in [-0.05, 0) is 12.1 Å². The van der Waals surface area contributed by atoms with Crippen molar-refractivity contribution in [2.45, 2.75) is 10.5 Å². The molecule has 1 aromatic carbocycles. The zero-order valence-corrected chi connectivity index (χ0v) is 9.58. The number of halogens is 2. The minimum Gasteiger partial charge on any atom is -0.247 e. The van der Waals surface area contributed by atoms with E-state index >= 15 is 0 Å². The molecular formula is C11H10F2O3S. The van der Waals surface area contributed by atoms with E-state index in [2.05, 4.69) is 4.18 Å². The van der Waals surface area contributed by atoms with Gasteiger partial charge in [0.15, 0.2) is 0 Å². The molecule has 0 aliphatic carbocycles. The molecule has 0 N–H and O–H groups in total. The van der Waals surface area contributed by atoms with Crippen LogP contribution in [0.15, 0.2) is 35.2 Å². The van der Waals surface area contributed by atoms with Crippen LogP contribution in [0, 0.1) is 12.3 Å². The van der Waals surface area contributed by atoms with Crippen LogP contribution in [-0.2, 0) is 14.3 Å². The third-order valence-electron chi connectivity index (χ3n) is 2.00. The van der Waals surface area contributed by atoms with Gasteiger partial charge in [0.2, 0.25) is 5.60 Å². The Labute approximate surface area is 98.5 Å². The van der Waals surface area contributed by atoms with Crippen LogP contribution in [0.5, 0.6) is 0 Å². The number of hydrogen-bond acceptors (Lipinski definition) is 3. The molecule has 0 radical (unpaired) electrons. The summed E-state index contributed by atoms with van der Waals surface area (Å²) in [6, 6.07) is 7.00. The molecule has 0 bridgehead atoms. The lowest BCUT2D eigenvalue weighted by Crippen LogP contribution is -2.38.